The van der Waals surface area contributed by atoms with Crippen molar-refractivity contribution in [2.45, 2.75) is 0 Å². The molecule has 0 fully saturated rings. The summed E-state index contributed by atoms with van der Waals surface area (Å²) >= 11 is 0. The van der Waals surface area contributed by atoms with Gasteiger partial charge in [-0.05, 0) is 12.1 Å². The van der Waals surface area contributed by atoms with E-state index in [1.807, 2.05) is 24.3 Å². The lowest BCUT2D eigenvalue weighted by Gasteiger charge is -2.00. The molecule has 0 unspecified atom stereocenters. The Hall–Kier alpha value is -2.16. The van der Waals surface area contributed by atoms with Crippen molar-refractivity contribution in [2.24, 2.45) is 0 Å². The summed E-state index contributed by atoms with van der Waals surface area (Å²) < 4.78 is 27.1. The maximum atomic E-state index is 13.6. The number of rotatable bonds is 1. The fourth-order valence-corrected chi connectivity index (χ4v) is 2.15. The van der Waals surface area contributed by atoms with Crippen LogP contribution in [0.3, 0.4) is 0 Å². The summed E-state index contributed by atoms with van der Waals surface area (Å²) in [5, 5.41) is 1.55. The summed E-state index contributed by atoms with van der Waals surface area (Å²) in [6.07, 6.45) is 1.33. The molecule has 0 aliphatic rings. The Morgan fingerprint density at radius 2 is 1.88 bits per heavy atom. The molecule has 2 aromatic carbocycles. The molecule has 1 heterocycles. The van der Waals surface area contributed by atoms with E-state index in [0.29, 0.717) is 10.9 Å². The second-order valence-corrected chi connectivity index (χ2v) is 3.88. The number of aromatic amines is 1. The van der Waals surface area contributed by atoms with Gasteiger partial charge >= 0.3 is 0 Å². The Morgan fingerprint density at radius 1 is 1.12 bits per heavy atom. The predicted molar refractivity (Wildman–Crippen MR) is 65.8 cm³/mol. The minimum atomic E-state index is -0.862. The normalized spacial score (nSPS) is 11.2. The summed E-state index contributed by atoms with van der Waals surface area (Å²) in [7, 11) is 0. The molecular weight excluding hydrogens is 220 g/mol. The predicted octanol–water partition coefficient (Wildman–Crippen LogP) is 4.24. The molecule has 0 saturated carbocycles. The molecule has 1 N–H and O–H groups in total. The van der Waals surface area contributed by atoms with Crippen molar-refractivity contribution >= 4 is 27.9 Å². The van der Waals surface area contributed by atoms with Crippen LogP contribution in [-0.2, 0) is 0 Å². The van der Waals surface area contributed by atoms with E-state index < -0.39 is 11.6 Å². The van der Waals surface area contributed by atoms with E-state index in [0.717, 1.165) is 10.9 Å². The van der Waals surface area contributed by atoms with E-state index in [2.05, 4.69) is 11.6 Å². The fourth-order valence-electron chi connectivity index (χ4n) is 2.15. The largest absolute Gasteiger partial charge is 0.354 e. The highest BCUT2D eigenvalue weighted by atomic mass is 19.2. The quantitative estimate of drug-likeness (QED) is 0.642. The standard InChI is InChI=1S/C14H9F2N/c1-2-8-13(16)11(15)7-10-9-5-3-4-6-12(9)17-14(8)10/h2-7,17H,1H2. The third kappa shape index (κ3) is 1.29. The van der Waals surface area contributed by atoms with Gasteiger partial charge in [-0.3, -0.25) is 0 Å². The minimum absolute atomic E-state index is 0.177. The van der Waals surface area contributed by atoms with Gasteiger partial charge in [0.1, 0.15) is 0 Å². The summed E-state index contributed by atoms with van der Waals surface area (Å²) in [6.45, 7) is 3.53. The van der Waals surface area contributed by atoms with Crippen LogP contribution in [0.1, 0.15) is 5.56 Å². The number of hydrogen-bond acceptors (Lipinski definition) is 0. The van der Waals surface area contributed by atoms with Gasteiger partial charge in [0.2, 0.25) is 0 Å². The Morgan fingerprint density at radius 3 is 2.65 bits per heavy atom. The van der Waals surface area contributed by atoms with Gasteiger partial charge in [0.15, 0.2) is 11.6 Å². The molecule has 3 aromatic rings. The molecule has 0 bridgehead atoms. The van der Waals surface area contributed by atoms with Crippen LogP contribution in [0.5, 0.6) is 0 Å². The van der Waals surface area contributed by atoms with Crippen LogP contribution in [0, 0.1) is 11.6 Å². The van der Waals surface area contributed by atoms with E-state index >= 15 is 0 Å². The van der Waals surface area contributed by atoms with Crippen LogP contribution in [0.25, 0.3) is 27.9 Å². The van der Waals surface area contributed by atoms with E-state index in [1.54, 1.807) is 0 Å². The van der Waals surface area contributed by atoms with E-state index in [9.17, 15) is 8.78 Å². The zero-order valence-electron chi connectivity index (χ0n) is 8.93. The van der Waals surface area contributed by atoms with Gasteiger partial charge in [0.05, 0.1) is 5.52 Å². The third-order valence-corrected chi connectivity index (χ3v) is 2.94. The zero-order valence-corrected chi connectivity index (χ0v) is 8.93. The molecule has 84 valence electrons. The lowest BCUT2D eigenvalue weighted by molar-refractivity contribution is 0.509. The lowest BCUT2D eigenvalue weighted by atomic mass is 10.1. The number of fused-ring (bicyclic) bond motifs is 3. The molecule has 0 aliphatic carbocycles. The maximum Gasteiger partial charge on any atom is 0.168 e. The fraction of sp³-hybridized carbons (Fsp3) is 0. The van der Waals surface area contributed by atoms with Gasteiger partial charge in [-0.2, -0.15) is 0 Å². The van der Waals surface area contributed by atoms with Gasteiger partial charge in [-0.15, -0.1) is 0 Å². The number of hydrogen-bond donors (Lipinski definition) is 1. The Labute approximate surface area is 96.4 Å². The lowest BCUT2D eigenvalue weighted by Crippen LogP contribution is -1.89. The first-order valence-electron chi connectivity index (χ1n) is 5.23. The molecule has 3 rings (SSSR count). The summed E-state index contributed by atoms with van der Waals surface area (Å²) in [5.41, 5.74) is 1.62. The van der Waals surface area contributed by atoms with Crippen LogP contribution in [-0.4, -0.2) is 4.98 Å². The first-order chi connectivity index (χ1) is 8.22. The zero-order chi connectivity index (χ0) is 12.0. The topological polar surface area (TPSA) is 15.8 Å². The highest BCUT2D eigenvalue weighted by molar-refractivity contribution is 6.09. The molecule has 1 nitrogen and oxygen atoms in total. The number of aromatic nitrogens is 1. The molecular formula is C14H9F2N. The highest BCUT2D eigenvalue weighted by Crippen LogP contribution is 2.30. The first-order valence-corrected chi connectivity index (χ1v) is 5.23. The number of para-hydroxylation sites is 1. The monoisotopic (exact) mass is 229 g/mol. The van der Waals surface area contributed by atoms with E-state index in [1.165, 1.54) is 12.1 Å². The SMILES string of the molecule is C=Cc1c(F)c(F)cc2c1[nH]c1ccccc12. The van der Waals surface area contributed by atoms with Crippen molar-refractivity contribution in [1.29, 1.82) is 0 Å². The molecule has 0 atom stereocenters. The smallest absolute Gasteiger partial charge is 0.168 e. The molecule has 0 spiro atoms. The first kappa shape index (κ1) is 10.0. The van der Waals surface area contributed by atoms with Crippen LogP contribution < -0.4 is 0 Å². The van der Waals surface area contributed by atoms with Crippen molar-refractivity contribution in [1.82, 2.24) is 4.98 Å². The molecule has 17 heavy (non-hydrogen) atoms. The van der Waals surface area contributed by atoms with Crippen LogP contribution in [0.2, 0.25) is 0 Å². The molecule has 0 aliphatic heterocycles. The number of nitrogens with one attached hydrogen (secondary N) is 1. The van der Waals surface area contributed by atoms with Gasteiger partial charge < -0.3 is 4.98 Å². The molecule has 0 amide bonds. The second-order valence-electron chi connectivity index (χ2n) is 3.88. The molecule has 0 saturated heterocycles. The van der Waals surface area contributed by atoms with Crippen LogP contribution in [0.4, 0.5) is 8.78 Å². The molecule has 3 heteroatoms. The minimum Gasteiger partial charge on any atom is -0.354 e. The average Bonchev–Trinajstić information content (AvgIpc) is 2.69. The van der Waals surface area contributed by atoms with Crippen LogP contribution in [0.15, 0.2) is 36.9 Å². The summed E-state index contributed by atoms with van der Waals surface area (Å²) in [5.74, 6) is -1.71. The van der Waals surface area contributed by atoms with Gasteiger partial charge in [-0.25, -0.2) is 8.78 Å². The Bertz CT molecular complexity index is 741. The van der Waals surface area contributed by atoms with Crippen molar-refractivity contribution in [3.8, 4) is 0 Å². The second kappa shape index (κ2) is 3.42. The molecule has 1 aromatic heterocycles. The summed E-state index contributed by atoms with van der Waals surface area (Å²) in [4.78, 5) is 3.09. The molecule has 0 radical (unpaired) electrons. The van der Waals surface area contributed by atoms with Crippen LogP contribution >= 0.6 is 0 Å². The van der Waals surface area contributed by atoms with Gasteiger partial charge in [-0.1, -0.05) is 30.9 Å². The number of H-pyrrole nitrogens is 1. The maximum absolute atomic E-state index is 13.6. The van der Waals surface area contributed by atoms with Gasteiger partial charge in [0.25, 0.3) is 0 Å². The Kier molecular flexibility index (Phi) is 2.01. The number of halogens is 2. The van der Waals surface area contributed by atoms with Gasteiger partial charge in [0, 0.05) is 21.9 Å². The highest BCUT2D eigenvalue weighted by Gasteiger charge is 2.14. The summed E-state index contributed by atoms with van der Waals surface area (Å²) in [6, 6.07) is 8.70. The number of benzene rings is 2. The van der Waals surface area contributed by atoms with Crippen molar-refractivity contribution in [3.63, 3.8) is 0 Å². The van der Waals surface area contributed by atoms with E-state index in [4.69, 9.17) is 0 Å². The van der Waals surface area contributed by atoms with E-state index in [-0.39, 0.29) is 5.56 Å². The van der Waals surface area contributed by atoms with Crippen molar-refractivity contribution in [2.75, 3.05) is 0 Å². The third-order valence-electron chi connectivity index (χ3n) is 2.94. The Balaban J connectivity index is 2.61. The van der Waals surface area contributed by atoms with Crippen molar-refractivity contribution in [3.05, 3.63) is 54.1 Å². The average molecular weight is 229 g/mol. The van der Waals surface area contributed by atoms with Crippen molar-refractivity contribution < 1.29 is 8.78 Å².